The van der Waals surface area contributed by atoms with Crippen molar-refractivity contribution >= 4 is 22.2 Å². The van der Waals surface area contributed by atoms with Gasteiger partial charge in [0.2, 0.25) is 0 Å². The van der Waals surface area contributed by atoms with Gasteiger partial charge in [-0.15, -0.1) is 11.3 Å². The number of hydrogen-bond donors (Lipinski definition) is 2. The Labute approximate surface area is 106 Å². The lowest BCUT2D eigenvalue weighted by molar-refractivity contribution is 0.881. The van der Waals surface area contributed by atoms with Crippen molar-refractivity contribution in [3.05, 3.63) is 40.4 Å². The highest BCUT2D eigenvalue weighted by Gasteiger charge is 2.09. The Balaban J connectivity index is 2.14. The standard InChI is InChI=1S/C13H17N3S/c1-8-10(3)17-13(15-8)16-9(2)11-5-4-6-12(14)7-11/h4-7,9H,14H2,1-3H3,(H,15,16). The summed E-state index contributed by atoms with van der Waals surface area (Å²) in [4.78, 5) is 5.73. The van der Waals surface area contributed by atoms with Crippen LogP contribution in [0.1, 0.15) is 29.1 Å². The molecular weight excluding hydrogens is 230 g/mol. The second-order valence-electron chi connectivity index (χ2n) is 4.20. The van der Waals surface area contributed by atoms with Gasteiger partial charge in [0.05, 0.1) is 11.7 Å². The largest absolute Gasteiger partial charge is 0.399 e. The van der Waals surface area contributed by atoms with E-state index in [9.17, 15) is 0 Å². The molecule has 2 rings (SSSR count). The van der Waals surface area contributed by atoms with Crippen LogP contribution in [0.25, 0.3) is 0 Å². The summed E-state index contributed by atoms with van der Waals surface area (Å²) in [5.74, 6) is 0. The number of benzene rings is 1. The molecule has 0 spiro atoms. The van der Waals surface area contributed by atoms with Crippen molar-refractivity contribution in [3.63, 3.8) is 0 Å². The molecule has 0 amide bonds. The molecule has 0 fully saturated rings. The molecule has 0 saturated heterocycles. The molecule has 17 heavy (non-hydrogen) atoms. The lowest BCUT2D eigenvalue weighted by Gasteiger charge is -2.13. The Kier molecular flexibility index (Phi) is 3.33. The first-order chi connectivity index (χ1) is 8.06. The number of rotatable bonds is 3. The second-order valence-corrected chi connectivity index (χ2v) is 5.40. The molecule has 1 heterocycles. The third kappa shape index (κ3) is 2.77. The fourth-order valence-electron chi connectivity index (χ4n) is 1.63. The Morgan fingerprint density at radius 3 is 2.71 bits per heavy atom. The second kappa shape index (κ2) is 4.75. The predicted molar refractivity (Wildman–Crippen MR) is 74.5 cm³/mol. The van der Waals surface area contributed by atoms with E-state index in [1.807, 2.05) is 25.1 Å². The van der Waals surface area contributed by atoms with E-state index in [-0.39, 0.29) is 6.04 Å². The SMILES string of the molecule is Cc1nc(NC(C)c2cccc(N)c2)sc1C. The number of thiazole rings is 1. The van der Waals surface area contributed by atoms with E-state index >= 15 is 0 Å². The van der Waals surface area contributed by atoms with E-state index in [1.54, 1.807) is 11.3 Å². The Hall–Kier alpha value is -1.55. The van der Waals surface area contributed by atoms with Crippen LogP contribution in [-0.2, 0) is 0 Å². The highest BCUT2D eigenvalue weighted by Crippen LogP contribution is 2.26. The Morgan fingerprint density at radius 2 is 2.12 bits per heavy atom. The number of hydrogen-bond acceptors (Lipinski definition) is 4. The van der Waals surface area contributed by atoms with Crippen LogP contribution in [0.15, 0.2) is 24.3 Å². The minimum atomic E-state index is 0.212. The average Bonchev–Trinajstić information content (AvgIpc) is 2.58. The van der Waals surface area contributed by atoms with Gasteiger partial charge < -0.3 is 11.1 Å². The fraction of sp³-hybridized carbons (Fsp3) is 0.308. The van der Waals surface area contributed by atoms with Gasteiger partial charge in [0.25, 0.3) is 0 Å². The molecule has 4 heteroatoms. The number of aromatic nitrogens is 1. The van der Waals surface area contributed by atoms with Crippen molar-refractivity contribution < 1.29 is 0 Å². The van der Waals surface area contributed by atoms with Gasteiger partial charge in [0.15, 0.2) is 5.13 Å². The minimum Gasteiger partial charge on any atom is -0.399 e. The molecule has 3 nitrogen and oxygen atoms in total. The van der Waals surface area contributed by atoms with E-state index in [4.69, 9.17) is 5.73 Å². The number of nitrogens with zero attached hydrogens (tertiary/aromatic N) is 1. The van der Waals surface area contributed by atoms with Gasteiger partial charge in [0.1, 0.15) is 0 Å². The van der Waals surface area contributed by atoms with Gasteiger partial charge in [0, 0.05) is 10.6 Å². The summed E-state index contributed by atoms with van der Waals surface area (Å²) in [5.41, 5.74) is 8.84. The summed E-state index contributed by atoms with van der Waals surface area (Å²) in [7, 11) is 0. The highest BCUT2D eigenvalue weighted by molar-refractivity contribution is 7.15. The molecule has 1 aromatic carbocycles. The van der Waals surface area contributed by atoms with E-state index in [0.29, 0.717) is 0 Å². The smallest absolute Gasteiger partial charge is 0.183 e. The number of anilines is 2. The van der Waals surface area contributed by atoms with Gasteiger partial charge in [-0.1, -0.05) is 12.1 Å². The summed E-state index contributed by atoms with van der Waals surface area (Å²) in [5, 5.41) is 4.37. The van der Waals surface area contributed by atoms with Crippen molar-refractivity contribution in [2.75, 3.05) is 11.1 Å². The summed E-state index contributed by atoms with van der Waals surface area (Å²) < 4.78 is 0. The maximum absolute atomic E-state index is 5.78. The third-order valence-corrected chi connectivity index (χ3v) is 3.78. The lowest BCUT2D eigenvalue weighted by Crippen LogP contribution is -2.06. The zero-order chi connectivity index (χ0) is 12.4. The molecular formula is C13H17N3S. The van der Waals surface area contributed by atoms with Crippen molar-refractivity contribution in [2.45, 2.75) is 26.8 Å². The summed E-state index contributed by atoms with van der Waals surface area (Å²) in [6.07, 6.45) is 0. The number of nitrogens with two attached hydrogens (primary N) is 1. The highest BCUT2D eigenvalue weighted by atomic mass is 32.1. The number of aryl methyl sites for hydroxylation is 2. The van der Waals surface area contributed by atoms with Gasteiger partial charge in [-0.05, 0) is 38.5 Å². The maximum Gasteiger partial charge on any atom is 0.183 e. The fourth-order valence-corrected chi connectivity index (χ4v) is 2.53. The van der Waals surface area contributed by atoms with Crippen molar-refractivity contribution in [1.29, 1.82) is 0 Å². The number of nitrogens with one attached hydrogen (secondary N) is 1. The molecule has 0 aliphatic rings. The van der Waals surface area contributed by atoms with Crippen LogP contribution in [0.3, 0.4) is 0 Å². The van der Waals surface area contributed by atoms with Gasteiger partial charge in [-0.25, -0.2) is 4.98 Å². The first kappa shape index (κ1) is 11.9. The summed E-state index contributed by atoms with van der Waals surface area (Å²) in [6.45, 7) is 6.23. The molecule has 1 atom stereocenters. The molecule has 1 aromatic heterocycles. The van der Waals surface area contributed by atoms with Crippen LogP contribution in [0.5, 0.6) is 0 Å². The van der Waals surface area contributed by atoms with Gasteiger partial charge >= 0.3 is 0 Å². The molecule has 3 N–H and O–H groups in total. The zero-order valence-electron chi connectivity index (χ0n) is 10.3. The van der Waals surface area contributed by atoms with Crippen LogP contribution in [0.2, 0.25) is 0 Å². The molecule has 0 bridgehead atoms. The molecule has 0 radical (unpaired) electrons. The monoisotopic (exact) mass is 247 g/mol. The van der Waals surface area contributed by atoms with Gasteiger partial charge in [-0.3, -0.25) is 0 Å². The molecule has 2 aromatic rings. The maximum atomic E-state index is 5.78. The van der Waals surface area contributed by atoms with Crippen LogP contribution in [0, 0.1) is 13.8 Å². The van der Waals surface area contributed by atoms with E-state index in [2.05, 4.69) is 30.2 Å². The van der Waals surface area contributed by atoms with Crippen LogP contribution >= 0.6 is 11.3 Å². The average molecular weight is 247 g/mol. The Morgan fingerprint density at radius 1 is 1.35 bits per heavy atom. The first-order valence-electron chi connectivity index (χ1n) is 5.62. The van der Waals surface area contributed by atoms with Gasteiger partial charge in [-0.2, -0.15) is 0 Å². The normalized spacial score (nSPS) is 12.4. The minimum absolute atomic E-state index is 0.212. The molecule has 0 saturated carbocycles. The number of nitrogen functional groups attached to an aromatic ring is 1. The summed E-state index contributed by atoms with van der Waals surface area (Å²) in [6, 6.07) is 8.14. The third-order valence-electron chi connectivity index (χ3n) is 2.78. The van der Waals surface area contributed by atoms with Crippen LogP contribution < -0.4 is 11.1 Å². The zero-order valence-corrected chi connectivity index (χ0v) is 11.1. The van der Waals surface area contributed by atoms with E-state index < -0.39 is 0 Å². The van der Waals surface area contributed by atoms with Crippen molar-refractivity contribution in [1.82, 2.24) is 4.98 Å². The topological polar surface area (TPSA) is 50.9 Å². The van der Waals surface area contributed by atoms with Crippen LogP contribution in [0.4, 0.5) is 10.8 Å². The van der Waals surface area contributed by atoms with Crippen LogP contribution in [-0.4, -0.2) is 4.98 Å². The molecule has 1 unspecified atom stereocenters. The molecule has 0 aliphatic heterocycles. The Bertz CT molecular complexity index is 500. The quantitative estimate of drug-likeness (QED) is 0.816. The molecule has 0 aliphatic carbocycles. The summed E-state index contributed by atoms with van der Waals surface area (Å²) >= 11 is 1.69. The molecule has 90 valence electrons. The lowest BCUT2D eigenvalue weighted by atomic mass is 10.1. The van der Waals surface area contributed by atoms with E-state index in [1.165, 1.54) is 10.4 Å². The predicted octanol–water partition coefficient (Wildman–Crippen LogP) is 3.52. The first-order valence-corrected chi connectivity index (χ1v) is 6.44. The van der Waals surface area contributed by atoms with Crippen molar-refractivity contribution in [3.8, 4) is 0 Å². The van der Waals surface area contributed by atoms with Crippen molar-refractivity contribution in [2.24, 2.45) is 0 Å². The van der Waals surface area contributed by atoms with E-state index in [0.717, 1.165) is 16.5 Å².